The van der Waals surface area contributed by atoms with Gasteiger partial charge in [0.1, 0.15) is 0 Å². The number of amides is 1. The van der Waals surface area contributed by atoms with Gasteiger partial charge >= 0.3 is 0 Å². The molecule has 1 fully saturated rings. The highest BCUT2D eigenvalue weighted by Gasteiger charge is 2.17. The third-order valence-electron chi connectivity index (χ3n) is 4.50. The van der Waals surface area contributed by atoms with Gasteiger partial charge in [-0.15, -0.1) is 0 Å². The first-order valence-corrected chi connectivity index (χ1v) is 7.71. The highest BCUT2D eigenvalue weighted by molar-refractivity contribution is 5.79. The number of nitrogens with one attached hydrogen (secondary N) is 1. The molecule has 19 heavy (non-hydrogen) atoms. The smallest absolute Gasteiger partial charge is 0.224 e. The van der Waals surface area contributed by atoms with Crippen molar-refractivity contribution in [2.75, 3.05) is 0 Å². The van der Waals surface area contributed by atoms with E-state index in [9.17, 15) is 4.79 Å². The van der Waals surface area contributed by atoms with Gasteiger partial charge in [-0.2, -0.15) is 0 Å². The van der Waals surface area contributed by atoms with Crippen molar-refractivity contribution in [3.63, 3.8) is 0 Å². The molecule has 2 heteroatoms. The predicted molar refractivity (Wildman–Crippen MR) is 77.2 cm³/mol. The summed E-state index contributed by atoms with van der Waals surface area (Å²) in [6.07, 6.45) is 10.4. The number of benzene rings is 1. The second-order valence-corrected chi connectivity index (χ2v) is 6.04. The zero-order valence-corrected chi connectivity index (χ0v) is 11.6. The van der Waals surface area contributed by atoms with Crippen LogP contribution in [0.2, 0.25) is 0 Å². The fourth-order valence-electron chi connectivity index (χ4n) is 3.43. The number of rotatable bonds is 3. The molecule has 0 saturated heterocycles. The number of carbonyl (C=O) groups excluding carboxylic acids is 1. The molecule has 0 aliphatic heterocycles. The molecule has 1 saturated carbocycles. The molecule has 0 unspecified atom stereocenters. The Labute approximate surface area is 115 Å². The Bertz CT molecular complexity index is 460. The van der Waals surface area contributed by atoms with E-state index in [0.717, 1.165) is 12.8 Å². The molecule has 102 valence electrons. The van der Waals surface area contributed by atoms with Gasteiger partial charge in [-0.05, 0) is 55.2 Å². The molecule has 0 atom stereocenters. The molecular weight excluding hydrogens is 234 g/mol. The highest BCUT2D eigenvalue weighted by atomic mass is 16.1. The zero-order chi connectivity index (χ0) is 13.1. The summed E-state index contributed by atoms with van der Waals surface area (Å²) in [6, 6.07) is 7.05. The minimum Gasteiger partial charge on any atom is -0.353 e. The molecule has 3 rings (SSSR count). The molecule has 1 N–H and O–H groups in total. The van der Waals surface area contributed by atoms with Crippen molar-refractivity contribution in [2.24, 2.45) is 0 Å². The standard InChI is InChI=1S/C17H23NO/c19-17(18-16-7-3-4-8-16)12-13-9-10-14-5-1-2-6-15(14)11-13/h9-11,16H,1-8,12H2,(H,18,19). The number of carbonyl (C=O) groups is 1. The Kier molecular flexibility index (Phi) is 3.86. The Balaban J connectivity index is 1.61. The van der Waals surface area contributed by atoms with E-state index in [-0.39, 0.29) is 5.91 Å². The van der Waals surface area contributed by atoms with E-state index in [2.05, 4.69) is 23.5 Å². The molecule has 0 spiro atoms. The monoisotopic (exact) mass is 257 g/mol. The normalized spacial score (nSPS) is 19.2. The fraction of sp³-hybridized carbons (Fsp3) is 0.588. The Morgan fingerprint density at radius 3 is 2.58 bits per heavy atom. The van der Waals surface area contributed by atoms with Crippen molar-refractivity contribution < 1.29 is 4.79 Å². The first kappa shape index (κ1) is 12.7. The molecule has 2 aliphatic carbocycles. The van der Waals surface area contributed by atoms with E-state index >= 15 is 0 Å². The SMILES string of the molecule is O=C(Cc1ccc2c(c1)CCCC2)NC1CCCC1. The first-order valence-electron chi connectivity index (χ1n) is 7.71. The van der Waals surface area contributed by atoms with Crippen molar-refractivity contribution in [3.05, 3.63) is 34.9 Å². The summed E-state index contributed by atoms with van der Waals surface area (Å²) < 4.78 is 0. The molecule has 1 aromatic carbocycles. The number of hydrogen-bond donors (Lipinski definition) is 1. The van der Waals surface area contributed by atoms with Gasteiger partial charge in [0, 0.05) is 6.04 Å². The van der Waals surface area contributed by atoms with Crippen LogP contribution in [-0.4, -0.2) is 11.9 Å². The average Bonchev–Trinajstić information content (AvgIpc) is 2.91. The van der Waals surface area contributed by atoms with Crippen LogP contribution in [0, 0.1) is 0 Å². The average molecular weight is 257 g/mol. The summed E-state index contributed by atoms with van der Waals surface area (Å²) in [7, 11) is 0. The second kappa shape index (κ2) is 5.77. The van der Waals surface area contributed by atoms with Gasteiger partial charge in [-0.3, -0.25) is 4.79 Å². The zero-order valence-electron chi connectivity index (χ0n) is 11.6. The van der Waals surface area contributed by atoms with Crippen LogP contribution in [0.1, 0.15) is 55.2 Å². The van der Waals surface area contributed by atoms with E-state index in [1.54, 1.807) is 0 Å². The molecule has 1 amide bonds. The van der Waals surface area contributed by atoms with Gasteiger partial charge in [-0.25, -0.2) is 0 Å². The van der Waals surface area contributed by atoms with Gasteiger partial charge in [-0.1, -0.05) is 31.0 Å². The largest absolute Gasteiger partial charge is 0.353 e. The van der Waals surface area contributed by atoms with Gasteiger partial charge in [0.05, 0.1) is 6.42 Å². The lowest BCUT2D eigenvalue weighted by molar-refractivity contribution is -0.121. The quantitative estimate of drug-likeness (QED) is 0.885. The van der Waals surface area contributed by atoms with Crippen molar-refractivity contribution in [2.45, 2.75) is 63.8 Å². The van der Waals surface area contributed by atoms with E-state index in [4.69, 9.17) is 0 Å². The second-order valence-electron chi connectivity index (χ2n) is 6.04. The van der Waals surface area contributed by atoms with Crippen LogP contribution in [0.25, 0.3) is 0 Å². The summed E-state index contributed by atoms with van der Waals surface area (Å²) in [5.74, 6) is 0.197. The maximum absolute atomic E-state index is 12.0. The van der Waals surface area contributed by atoms with Crippen molar-refractivity contribution in [1.82, 2.24) is 5.32 Å². The molecule has 0 radical (unpaired) electrons. The van der Waals surface area contributed by atoms with E-state index < -0.39 is 0 Å². The van der Waals surface area contributed by atoms with E-state index in [1.165, 1.54) is 55.2 Å². The van der Waals surface area contributed by atoms with Gasteiger partial charge < -0.3 is 5.32 Å². The van der Waals surface area contributed by atoms with Crippen LogP contribution >= 0.6 is 0 Å². The van der Waals surface area contributed by atoms with E-state index in [1.807, 2.05) is 0 Å². The van der Waals surface area contributed by atoms with Gasteiger partial charge in [0.15, 0.2) is 0 Å². The van der Waals surface area contributed by atoms with Crippen LogP contribution in [0.4, 0.5) is 0 Å². The molecule has 2 nitrogen and oxygen atoms in total. The molecular formula is C17H23NO. The highest BCUT2D eigenvalue weighted by Crippen LogP contribution is 2.22. The van der Waals surface area contributed by atoms with Crippen LogP contribution < -0.4 is 5.32 Å². The lowest BCUT2D eigenvalue weighted by atomic mass is 9.90. The molecule has 0 aromatic heterocycles. The number of fused-ring (bicyclic) bond motifs is 1. The third-order valence-corrected chi connectivity index (χ3v) is 4.50. The summed E-state index contributed by atoms with van der Waals surface area (Å²) in [6.45, 7) is 0. The lowest BCUT2D eigenvalue weighted by Crippen LogP contribution is -2.33. The summed E-state index contributed by atoms with van der Waals surface area (Å²) >= 11 is 0. The summed E-state index contributed by atoms with van der Waals surface area (Å²) in [5, 5.41) is 3.17. The van der Waals surface area contributed by atoms with Crippen LogP contribution in [-0.2, 0) is 24.1 Å². The molecule has 1 aromatic rings. The number of hydrogen-bond acceptors (Lipinski definition) is 1. The fourth-order valence-corrected chi connectivity index (χ4v) is 3.43. The van der Waals surface area contributed by atoms with Gasteiger partial charge in [0.2, 0.25) is 5.91 Å². The Morgan fingerprint density at radius 1 is 1.05 bits per heavy atom. The maximum Gasteiger partial charge on any atom is 0.224 e. The Hall–Kier alpha value is -1.31. The van der Waals surface area contributed by atoms with Crippen molar-refractivity contribution >= 4 is 5.91 Å². The van der Waals surface area contributed by atoms with Crippen LogP contribution in [0.5, 0.6) is 0 Å². The van der Waals surface area contributed by atoms with Crippen LogP contribution in [0.15, 0.2) is 18.2 Å². The maximum atomic E-state index is 12.0. The van der Waals surface area contributed by atoms with Crippen LogP contribution in [0.3, 0.4) is 0 Å². The lowest BCUT2D eigenvalue weighted by Gasteiger charge is -2.17. The van der Waals surface area contributed by atoms with Gasteiger partial charge in [0.25, 0.3) is 0 Å². The first-order chi connectivity index (χ1) is 9.31. The van der Waals surface area contributed by atoms with E-state index in [0.29, 0.717) is 12.5 Å². The van der Waals surface area contributed by atoms with Crippen molar-refractivity contribution in [1.29, 1.82) is 0 Å². The van der Waals surface area contributed by atoms with Crippen molar-refractivity contribution in [3.8, 4) is 0 Å². The molecule has 2 aliphatic rings. The third kappa shape index (κ3) is 3.17. The minimum atomic E-state index is 0.197. The molecule has 0 bridgehead atoms. The number of aryl methyl sites for hydroxylation is 2. The molecule has 0 heterocycles. The predicted octanol–water partition coefficient (Wildman–Crippen LogP) is 3.17. The topological polar surface area (TPSA) is 29.1 Å². The summed E-state index contributed by atoms with van der Waals surface area (Å²) in [5.41, 5.74) is 4.14. The minimum absolute atomic E-state index is 0.197. The Morgan fingerprint density at radius 2 is 1.79 bits per heavy atom. The summed E-state index contributed by atoms with van der Waals surface area (Å²) in [4.78, 5) is 12.0.